The van der Waals surface area contributed by atoms with E-state index in [1.165, 1.54) is 7.11 Å². The summed E-state index contributed by atoms with van der Waals surface area (Å²) < 4.78 is 29.7. The minimum atomic E-state index is -1.26. The van der Waals surface area contributed by atoms with Crippen LogP contribution in [0.15, 0.2) is 60.7 Å². The van der Waals surface area contributed by atoms with Crippen LogP contribution in [-0.4, -0.2) is 127 Å². The van der Waals surface area contributed by atoms with Crippen LogP contribution in [0.3, 0.4) is 0 Å². The Kier molecular flexibility index (Phi) is 24.7. The number of carbonyl (C=O) groups excluding carboxylic acids is 5. The Morgan fingerprint density at radius 1 is 0.614 bits per heavy atom. The molecule has 0 spiro atoms. The van der Waals surface area contributed by atoms with E-state index in [-0.39, 0.29) is 33.0 Å². The fourth-order valence-corrected chi connectivity index (χ4v) is 3.81. The van der Waals surface area contributed by atoms with Crippen LogP contribution in [0.25, 0.3) is 0 Å². The molecule has 0 bridgehead atoms. The third kappa shape index (κ3) is 25.4. The summed E-state index contributed by atoms with van der Waals surface area (Å²) in [6, 6.07) is 14.2. The molecule has 2 rings (SSSR count). The summed E-state index contributed by atoms with van der Waals surface area (Å²) in [7, 11) is 2.36. The van der Waals surface area contributed by atoms with Gasteiger partial charge in [0, 0.05) is 0 Å². The van der Waals surface area contributed by atoms with Gasteiger partial charge in [0.05, 0.1) is 53.9 Å². The third-order valence-electron chi connectivity index (χ3n) is 6.47. The molecule has 0 radical (unpaired) electrons. The molecule has 2 aromatic carbocycles. The Labute approximate surface area is 332 Å². The molecule has 4 unspecified atom stereocenters. The molecule has 57 heavy (non-hydrogen) atoms. The van der Waals surface area contributed by atoms with Gasteiger partial charge in [-0.05, 0) is 52.7 Å². The van der Waals surface area contributed by atoms with Crippen LogP contribution in [0.2, 0.25) is 0 Å². The number of alkyl carbamates (subject to hydrolysis) is 2. The summed E-state index contributed by atoms with van der Waals surface area (Å²) in [5, 5.41) is 33.5. The normalized spacial score (nSPS) is 12.9. The standard InChI is InChI=1S/C19H28N2O7.C15H21NO5.C4H9NO3/c1-19(2,3)28-18(25)21-15(12-27-11-13-8-6-5-7-9-13)16(23)20-14(10-22)17(24)26-4;1-15(2,3)21-14(19)16-12(13(17)18)10-20-9-11-7-5-4-6-8-11;1-8-4(7)3(5)2-6/h5-9,14-15,22H,10-12H2,1-4H3,(H,20,23)(H,21,25);4-8,12H,9-10H2,1-3H3,(H,16,19)(H,17,18);3,6H,2,5H2,1H3. The van der Waals surface area contributed by atoms with E-state index in [0.29, 0.717) is 0 Å². The zero-order chi connectivity index (χ0) is 43.6. The van der Waals surface area contributed by atoms with Crippen molar-refractivity contribution in [2.75, 3.05) is 40.6 Å². The molecule has 320 valence electrons. The Morgan fingerprint density at radius 2 is 1.02 bits per heavy atom. The third-order valence-corrected chi connectivity index (χ3v) is 6.47. The second kappa shape index (κ2) is 27.3. The topological polar surface area (TPSA) is 281 Å². The summed E-state index contributed by atoms with van der Waals surface area (Å²) in [6.07, 6.45) is -1.59. The highest BCUT2D eigenvalue weighted by Gasteiger charge is 2.29. The van der Waals surface area contributed by atoms with Crippen LogP contribution in [0.5, 0.6) is 0 Å². The van der Waals surface area contributed by atoms with E-state index in [2.05, 4.69) is 25.4 Å². The van der Waals surface area contributed by atoms with Crippen molar-refractivity contribution in [3.63, 3.8) is 0 Å². The Hall–Kier alpha value is -5.34. The smallest absolute Gasteiger partial charge is 0.408 e. The van der Waals surface area contributed by atoms with E-state index >= 15 is 0 Å². The Balaban J connectivity index is 0.000000947. The van der Waals surface area contributed by atoms with Crippen molar-refractivity contribution in [2.45, 2.75) is 90.1 Å². The van der Waals surface area contributed by atoms with Gasteiger partial charge in [-0.1, -0.05) is 60.7 Å². The minimum Gasteiger partial charge on any atom is -0.480 e. The average Bonchev–Trinajstić information content (AvgIpc) is 3.14. The van der Waals surface area contributed by atoms with E-state index < -0.39 is 78.0 Å². The van der Waals surface area contributed by atoms with Crippen LogP contribution < -0.4 is 21.7 Å². The number of hydrogen-bond donors (Lipinski definition) is 7. The number of carbonyl (C=O) groups is 6. The van der Waals surface area contributed by atoms with E-state index in [4.69, 9.17) is 34.9 Å². The van der Waals surface area contributed by atoms with E-state index in [1.54, 1.807) is 41.5 Å². The van der Waals surface area contributed by atoms with E-state index in [1.807, 2.05) is 60.7 Å². The van der Waals surface area contributed by atoms with Crippen LogP contribution in [-0.2, 0) is 60.8 Å². The molecular weight excluding hydrogens is 752 g/mol. The fraction of sp³-hybridized carbons (Fsp3) is 0.526. The SMILES string of the molecule is CC(C)(C)OC(=O)NC(COCc1ccccc1)C(=O)O.COC(=O)C(CO)NC(=O)C(COCc1ccccc1)NC(=O)OC(C)(C)C.COC(=O)C(N)CO. The van der Waals surface area contributed by atoms with Gasteiger partial charge in [-0.3, -0.25) is 9.59 Å². The maximum absolute atomic E-state index is 12.5. The summed E-state index contributed by atoms with van der Waals surface area (Å²) in [5.41, 5.74) is 5.39. The van der Waals surface area contributed by atoms with Crippen molar-refractivity contribution in [2.24, 2.45) is 5.73 Å². The number of aliphatic hydroxyl groups is 2. The number of nitrogens with two attached hydrogens (primary N) is 1. The molecule has 0 saturated carbocycles. The first-order chi connectivity index (χ1) is 26.7. The zero-order valence-electron chi connectivity index (χ0n) is 33.6. The predicted molar refractivity (Wildman–Crippen MR) is 204 cm³/mol. The average molecular weight is 811 g/mol. The molecule has 0 aromatic heterocycles. The van der Waals surface area contributed by atoms with Gasteiger partial charge in [-0.25, -0.2) is 19.2 Å². The van der Waals surface area contributed by atoms with Gasteiger partial charge in [0.25, 0.3) is 0 Å². The molecule has 0 aliphatic carbocycles. The van der Waals surface area contributed by atoms with Gasteiger partial charge in [0.1, 0.15) is 23.3 Å². The highest BCUT2D eigenvalue weighted by atomic mass is 16.6. The van der Waals surface area contributed by atoms with Crippen molar-refractivity contribution in [3.8, 4) is 0 Å². The second-order valence-electron chi connectivity index (χ2n) is 13.8. The largest absolute Gasteiger partial charge is 0.480 e. The van der Waals surface area contributed by atoms with Gasteiger partial charge in [0.2, 0.25) is 5.91 Å². The molecule has 19 heteroatoms. The van der Waals surface area contributed by atoms with E-state index in [0.717, 1.165) is 18.2 Å². The number of carboxylic acid groups (broad SMARTS) is 1. The maximum atomic E-state index is 12.5. The number of rotatable bonds is 17. The number of aliphatic carboxylic acids is 1. The van der Waals surface area contributed by atoms with Crippen molar-refractivity contribution in [1.29, 1.82) is 0 Å². The van der Waals surface area contributed by atoms with Crippen molar-refractivity contribution in [1.82, 2.24) is 16.0 Å². The van der Waals surface area contributed by atoms with E-state index in [9.17, 15) is 33.9 Å². The summed E-state index contributed by atoms with van der Waals surface area (Å²) in [5.74, 6) is -3.29. The zero-order valence-corrected chi connectivity index (χ0v) is 33.6. The fourth-order valence-electron chi connectivity index (χ4n) is 3.81. The van der Waals surface area contributed by atoms with Crippen LogP contribution in [0, 0.1) is 0 Å². The number of hydrogen-bond acceptors (Lipinski definition) is 15. The molecular formula is C38H58N4O15. The second-order valence-corrected chi connectivity index (χ2v) is 13.8. The van der Waals surface area contributed by atoms with Gasteiger partial charge < -0.3 is 65.4 Å². The number of aliphatic hydroxyl groups excluding tert-OH is 2. The highest BCUT2D eigenvalue weighted by molar-refractivity contribution is 5.89. The van der Waals surface area contributed by atoms with Gasteiger partial charge in [-0.2, -0.15) is 0 Å². The van der Waals surface area contributed by atoms with Gasteiger partial charge in [0.15, 0.2) is 12.1 Å². The monoisotopic (exact) mass is 810 g/mol. The molecule has 0 aliphatic rings. The predicted octanol–water partition coefficient (Wildman–Crippen LogP) is 1.41. The molecule has 19 nitrogen and oxygen atoms in total. The van der Waals surface area contributed by atoms with Gasteiger partial charge >= 0.3 is 30.1 Å². The molecule has 0 heterocycles. The van der Waals surface area contributed by atoms with Gasteiger partial charge in [-0.15, -0.1) is 0 Å². The minimum absolute atomic E-state index is 0.135. The van der Waals surface area contributed by atoms with Crippen LogP contribution >= 0.6 is 0 Å². The lowest BCUT2D eigenvalue weighted by Gasteiger charge is -2.24. The summed E-state index contributed by atoms with van der Waals surface area (Å²) >= 11 is 0. The molecule has 0 aliphatic heterocycles. The lowest BCUT2D eigenvalue weighted by molar-refractivity contribution is -0.146. The first-order valence-electron chi connectivity index (χ1n) is 17.5. The van der Waals surface area contributed by atoms with Crippen molar-refractivity contribution < 1.29 is 72.5 Å². The number of nitrogens with one attached hydrogen (secondary N) is 3. The number of esters is 2. The molecule has 4 atom stereocenters. The number of methoxy groups -OCH3 is 2. The Morgan fingerprint density at radius 3 is 1.35 bits per heavy atom. The highest BCUT2D eigenvalue weighted by Crippen LogP contribution is 2.09. The van der Waals surface area contributed by atoms with Crippen LogP contribution in [0.1, 0.15) is 52.7 Å². The molecule has 0 saturated heterocycles. The number of amides is 3. The van der Waals surface area contributed by atoms with Crippen LogP contribution in [0.4, 0.5) is 9.59 Å². The van der Waals surface area contributed by atoms with Crippen molar-refractivity contribution >= 4 is 36.0 Å². The summed E-state index contributed by atoms with van der Waals surface area (Å²) in [6.45, 7) is 9.35. The maximum Gasteiger partial charge on any atom is 0.408 e. The summed E-state index contributed by atoms with van der Waals surface area (Å²) in [4.78, 5) is 69.0. The lowest BCUT2D eigenvalue weighted by Crippen LogP contribution is -2.55. The molecule has 0 fully saturated rings. The number of benzene rings is 2. The Bertz CT molecular complexity index is 1500. The number of ether oxygens (including phenoxy) is 6. The molecule has 2 aromatic rings. The molecule has 8 N–H and O–H groups in total. The lowest BCUT2D eigenvalue weighted by atomic mass is 10.2. The number of carboxylic acids is 1. The van der Waals surface area contributed by atoms with Crippen molar-refractivity contribution in [3.05, 3.63) is 71.8 Å². The first-order valence-corrected chi connectivity index (χ1v) is 17.5. The molecule has 3 amide bonds. The quantitative estimate of drug-likeness (QED) is 0.0878. The first kappa shape index (κ1) is 51.7.